The van der Waals surface area contributed by atoms with Crippen molar-refractivity contribution in [2.45, 2.75) is 45.7 Å². The van der Waals surface area contributed by atoms with E-state index in [1.807, 2.05) is 18.5 Å². The van der Waals surface area contributed by atoms with Crippen molar-refractivity contribution in [2.24, 2.45) is 5.92 Å². The van der Waals surface area contributed by atoms with Crippen molar-refractivity contribution in [1.29, 1.82) is 0 Å². The third-order valence-corrected chi connectivity index (χ3v) is 4.04. The molecule has 0 saturated carbocycles. The fourth-order valence-electron chi connectivity index (χ4n) is 2.91. The second kappa shape index (κ2) is 6.02. The minimum Gasteiger partial charge on any atom is -0.309 e. The normalized spacial score (nSPS) is 23.7. The van der Waals surface area contributed by atoms with E-state index in [9.17, 15) is 0 Å². The SMILES string of the molecule is CC(C)C1CNC(C)(C)CN1CCc1cccnc1. The first kappa shape index (κ1) is 14.5. The number of nitrogens with one attached hydrogen (secondary N) is 1. The molecule has 0 aromatic carbocycles. The molecule has 19 heavy (non-hydrogen) atoms. The molecule has 2 rings (SSSR count). The van der Waals surface area contributed by atoms with Crippen molar-refractivity contribution in [3.63, 3.8) is 0 Å². The zero-order chi connectivity index (χ0) is 13.9. The third-order valence-electron chi connectivity index (χ3n) is 4.04. The molecule has 2 heterocycles. The minimum absolute atomic E-state index is 0.223. The van der Waals surface area contributed by atoms with Crippen molar-refractivity contribution >= 4 is 0 Å². The Morgan fingerprint density at radius 3 is 2.89 bits per heavy atom. The van der Waals surface area contributed by atoms with Gasteiger partial charge in [0.1, 0.15) is 0 Å². The molecular weight excluding hydrogens is 234 g/mol. The molecule has 1 fully saturated rings. The van der Waals surface area contributed by atoms with E-state index < -0.39 is 0 Å². The van der Waals surface area contributed by atoms with Crippen LogP contribution in [-0.2, 0) is 6.42 Å². The van der Waals surface area contributed by atoms with Crippen molar-refractivity contribution in [3.05, 3.63) is 30.1 Å². The van der Waals surface area contributed by atoms with Gasteiger partial charge in [-0.25, -0.2) is 0 Å². The predicted octanol–water partition coefficient (Wildman–Crippen LogP) is 2.33. The Kier molecular flexibility index (Phi) is 4.58. The van der Waals surface area contributed by atoms with Crippen molar-refractivity contribution in [1.82, 2.24) is 15.2 Å². The molecule has 1 N–H and O–H groups in total. The molecule has 1 aliphatic rings. The van der Waals surface area contributed by atoms with Crippen molar-refractivity contribution in [2.75, 3.05) is 19.6 Å². The Morgan fingerprint density at radius 1 is 1.47 bits per heavy atom. The summed E-state index contributed by atoms with van der Waals surface area (Å²) in [5, 5.41) is 3.66. The van der Waals surface area contributed by atoms with Crippen LogP contribution in [0.2, 0.25) is 0 Å². The van der Waals surface area contributed by atoms with Gasteiger partial charge in [0.25, 0.3) is 0 Å². The molecule has 1 unspecified atom stereocenters. The first-order valence-corrected chi connectivity index (χ1v) is 7.36. The smallest absolute Gasteiger partial charge is 0.0300 e. The van der Waals surface area contributed by atoms with E-state index in [4.69, 9.17) is 0 Å². The minimum atomic E-state index is 0.223. The van der Waals surface area contributed by atoms with E-state index in [-0.39, 0.29) is 5.54 Å². The fraction of sp³-hybridized carbons (Fsp3) is 0.688. The Bertz CT molecular complexity index is 386. The molecule has 0 radical (unpaired) electrons. The summed E-state index contributed by atoms with van der Waals surface area (Å²) in [6.07, 6.45) is 4.92. The molecule has 0 amide bonds. The van der Waals surface area contributed by atoms with Crippen molar-refractivity contribution < 1.29 is 0 Å². The highest BCUT2D eigenvalue weighted by Gasteiger charge is 2.33. The van der Waals surface area contributed by atoms with E-state index in [0.29, 0.717) is 12.0 Å². The Labute approximate surface area is 117 Å². The van der Waals surface area contributed by atoms with Gasteiger partial charge in [-0.3, -0.25) is 9.88 Å². The lowest BCUT2D eigenvalue weighted by atomic mass is 9.93. The van der Waals surface area contributed by atoms with Gasteiger partial charge in [-0.15, -0.1) is 0 Å². The van der Waals surface area contributed by atoms with E-state index in [1.54, 1.807) is 0 Å². The second-order valence-corrected chi connectivity index (χ2v) is 6.66. The van der Waals surface area contributed by atoms with Gasteiger partial charge in [-0.1, -0.05) is 19.9 Å². The van der Waals surface area contributed by atoms with Crippen LogP contribution in [-0.4, -0.2) is 41.1 Å². The van der Waals surface area contributed by atoms with Gasteiger partial charge in [0, 0.05) is 43.6 Å². The average Bonchev–Trinajstić information content (AvgIpc) is 2.36. The van der Waals surface area contributed by atoms with Gasteiger partial charge in [0.15, 0.2) is 0 Å². The van der Waals surface area contributed by atoms with Gasteiger partial charge in [0.05, 0.1) is 0 Å². The number of pyridine rings is 1. The molecule has 0 aliphatic carbocycles. The van der Waals surface area contributed by atoms with Gasteiger partial charge in [0.2, 0.25) is 0 Å². The number of piperazine rings is 1. The number of nitrogens with zero attached hydrogens (tertiary/aromatic N) is 2. The quantitative estimate of drug-likeness (QED) is 0.901. The number of hydrogen-bond donors (Lipinski definition) is 1. The van der Waals surface area contributed by atoms with Gasteiger partial charge < -0.3 is 5.32 Å². The summed E-state index contributed by atoms with van der Waals surface area (Å²) in [6, 6.07) is 4.84. The number of aromatic nitrogens is 1. The van der Waals surface area contributed by atoms with Crippen LogP contribution in [0.25, 0.3) is 0 Å². The van der Waals surface area contributed by atoms with Gasteiger partial charge in [-0.05, 0) is 37.8 Å². The van der Waals surface area contributed by atoms with Crippen LogP contribution in [0, 0.1) is 5.92 Å². The summed E-state index contributed by atoms with van der Waals surface area (Å²) in [6.45, 7) is 12.6. The van der Waals surface area contributed by atoms with E-state index in [0.717, 1.165) is 26.1 Å². The number of hydrogen-bond acceptors (Lipinski definition) is 3. The molecule has 1 saturated heterocycles. The fourth-order valence-corrected chi connectivity index (χ4v) is 2.91. The lowest BCUT2D eigenvalue weighted by Gasteiger charge is -2.46. The van der Waals surface area contributed by atoms with Crippen LogP contribution in [0.1, 0.15) is 33.3 Å². The Hall–Kier alpha value is -0.930. The zero-order valence-corrected chi connectivity index (χ0v) is 12.7. The van der Waals surface area contributed by atoms with Crippen LogP contribution in [0.4, 0.5) is 0 Å². The van der Waals surface area contributed by atoms with Crippen LogP contribution < -0.4 is 5.32 Å². The molecule has 1 atom stereocenters. The first-order chi connectivity index (χ1) is 8.98. The highest BCUT2D eigenvalue weighted by molar-refractivity contribution is 5.09. The molecule has 1 aliphatic heterocycles. The molecule has 1 aromatic rings. The van der Waals surface area contributed by atoms with Gasteiger partial charge in [-0.2, -0.15) is 0 Å². The highest BCUT2D eigenvalue weighted by Crippen LogP contribution is 2.20. The lowest BCUT2D eigenvalue weighted by Crippen LogP contribution is -2.63. The molecule has 3 heteroatoms. The summed E-state index contributed by atoms with van der Waals surface area (Å²) >= 11 is 0. The first-order valence-electron chi connectivity index (χ1n) is 7.36. The van der Waals surface area contributed by atoms with Crippen LogP contribution in [0.5, 0.6) is 0 Å². The van der Waals surface area contributed by atoms with Crippen molar-refractivity contribution in [3.8, 4) is 0 Å². The zero-order valence-electron chi connectivity index (χ0n) is 12.7. The van der Waals surface area contributed by atoms with E-state index in [1.165, 1.54) is 5.56 Å². The molecular formula is C16H27N3. The topological polar surface area (TPSA) is 28.2 Å². The maximum Gasteiger partial charge on any atom is 0.0300 e. The summed E-state index contributed by atoms with van der Waals surface area (Å²) in [5.41, 5.74) is 1.56. The second-order valence-electron chi connectivity index (χ2n) is 6.66. The lowest BCUT2D eigenvalue weighted by molar-refractivity contribution is 0.0705. The third kappa shape index (κ3) is 4.02. The largest absolute Gasteiger partial charge is 0.309 e. The summed E-state index contributed by atoms with van der Waals surface area (Å²) < 4.78 is 0. The molecule has 0 bridgehead atoms. The maximum atomic E-state index is 4.20. The standard InChI is InChI=1S/C16H27N3/c1-13(2)15-11-18-16(3,4)12-19(15)9-7-14-6-5-8-17-10-14/h5-6,8,10,13,15,18H,7,9,11-12H2,1-4H3. The van der Waals surface area contributed by atoms with Crippen LogP contribution in [0.3, 0.4) is 0 Å². The van der Waals surface area contributed by atoms with Gasteiger partial charge >= 0.3 is 0 Å². The van der Waals surface area contributed by atoms with E-state index in [2.05, 4.69) is 49.0 Å². The monoisotopic (exact) mass is 261 g/mol. The number of rotatable bonds is 4. The molecule has 0 spiro atoms. The summed E-state index contributed by atoms with van der Waals surface area (Å²) in [5.74, 6) is 0.692. The Balaban J connectivity index is 1.98. The molecule has 106 valence electrons. The summed E-state index contributed by atoms with van der Waals surface area (Å²) in [4.78, 5) is 6.85. The van der Waals surface area contributed by atoms with Crippen LogP contribution in [0.15, 0.2) is 24.5 Å². The van der Waals surface area contributed by atoms with Crippen LogP contribution >= 0.6 is 0 Å². The maximum absolute atomic E-state index is 4.20. The summed E-state index contributed by atoms with van der Waals surface area (Å²) in [7, 11) is 0. The average molecular weight is 261 g/mol. The molecule has 3 nitrogen and oxygen atoms in total. The Morgan fingerprint density at radius 2 is 2.26 bits per heavy atom. The molecule has 1 aromatic heterocycles. The van der Waals surface area contributed by atoms with E-state index >= 15 is 0 Å². The highest BCUT2D eigenvalue weighted by atomic mass is 15.2. The predicted molar refractivity (Wildman–Crippen MR) is 80.2 cm³/mol.